The molecule has 6 heterocycles. The van der Waals surface area contributed by atoms with Crippen molar-refractivity contribution in [3.63, 3.8) is 0 Å². The first kappa shape index (κ1) is 51.4. The second-order valence-electron chi connectivity index (χ2n) is 19.9. The van der Waals surface area contributed by atoms with E-state index in [1.165, 1.54) is 106 Å². The Kier molecular flexibility index (Phi) is 17.9. The van der Waals surface area contributed by atoms with E-state index in [9.17, 15) is 9.90 Å². The molecule has 0 fully saturated rings. The first-order valence-corrected chi connectivity index (χ1v) is 30.1. The summed E-state index contributed by atoms with van der Waals surface area (Å²) in [5, 5.41) is 21.4. The van der Waals surface area contributed by atoms with E-state index >= 15 is 0 Å². The summed E-state index contributed by atoms with van der Waals surface area (Å²) in [6.07, 6.45) is 20.8. The summed E-state index contributed by atoms with van der Waals surface area (Å²) in [7, 11) is 0. The molecule has 0 bridgehead atoms. The average molecular weight is 1010 g/mol. The van der Waals surface area contributed by atoms with Gasteiger partial charge in [0.15, 0.2) is 17.5 Å². The molecule has 2 aromatic carbocycles. The molecule has 69 heavy (non-hydrogen) atoms. The summed E-state index contributed by atoms with van der Waals surface area (Å²) >= 11 is 7.01. The van der Waals surface area contributed by atoms with Crippen molar-refractivity contribution < 1.29 is 19.4 Å². The van der Waals surface area contributed by atoms with E-state index in [-0.39, 0.29) is 11.6 Å². The number of carbonyl (C=O) groups excluding carboxylic acids is 1. The molecule has 0 radical (unpaired) electrons. The van der Waals surface area contributed by atoms with E-state index in [2.05, 4.69) is 101 Å². The van der Waals surface area contributed by atoms with Crippen LogP contribution in [0, 0.1) is 23.7 Å². The number of ether oxygens (including phenoxy) is 2. The molecule has 5 aromatic heterocycles. The molecule has 4 atom stereocenters. The second-order valence-corrected chi connectivity index (χ2v) is 23.8. The van der Waals surface area contributed by atoms with E-state index in [0.29, 0.717) is 59.4 Å². The number of fused-ring (bicyclic) bond motifs is 5. The van der Waals surface area contributed by atoms with Gasteiger partial charge in [-0.15, -0.1) is 45.3 Å². The second kappa shape index (κ2) is 24.0. The van der Waals surface area contributed by atoms with E-state index in [0.717, 1.165) is 82.7 Å². The highest BCUT2D eigenvalue weighted by Crippen LogP contribution is 2.53. The zero-order valence-electron chi connectivity index (χ0n) is 42.7. The highest BCUT2D eigenvalue weighted by atomic mass is 32.1. The van der Waals surface area contributed by atoms with Crippen molar-refractivity contribution in [1.82, 2.24) is 4.98 Å². The lowest BCUT2D eigenvalue weighted by Crippen LogP contribution is -2.11. The van der Waals surface area contributed by atoms with E-state index in [1.807, 2.05) is 11.3 Å². The predicted molar refractivity (Wildman–Crippen MR) is 302 cm³/mol. The predicted octanol–water partition coefficient (Wildman–Crippen LogP) is 19.0. The number of aliphatic imine (C=N–C) groups is 1. The van der Waals surface area contributed by atoms with Crippen LogP contribution in [-0.4, -0.2) is 35.0 Å². The Balaban J connectivity index is 1.26. The zero-order valence-corrected chi connectivity index (χ0v) is 45.9. The van der Waals surface area contributed by atoms with Crippen LogP contribution in [0.15, 0.2) is 40.0 Å². The smallest absolute Gasteiger partial charge is 0.199 e. The van der Waals surface area contributed by atoms with Gasteiger partial charge < -0.3 is 19.6 Å². The Morgan fingerprint density at radius 2 is 1.10 bits per heavy atom. The topological polar surface area (TPSA) is 83.9 Å². The summed E-state index contributed by atoms with van der Waals surface area (Å²) in [4.78, 5) is 23.5. The van der Waals surface area contributed by atoms with Crippen molar-refractivity contribution in [2.24, 2.45) is 28.7 Å². The van der Waals surface area contributed by atoms with Gasteiger partial charge in [-0.2, -0.15) is 0 Å². The number of hydrogen-bond donors (Lipinski definition) is 2. The van der Waals surface area contributed by atoms with Gasteiger partial charge in [0, 0.05) is 30.9 Å². The molecular weight excluding hydrogens is 929 g/mol. The zero-order chi connectivity index (χ0) is 48.6. The van der Waals surface area contributed by atoms with Gasteiger partial charge in [-0.25, -0.2) is 9.79 Å². The molecule has 0 spiro atoms. The van der Waals surface area contributed by atoms with Crippen LogP contribution in [0.3, 0.4) is 0 Å². The molecule has 1 aliphatic heterocycles. The summed E-state index contributed by atoms with van der Waals surface area (Å²) < 4.78 is 18.9. The standard InChI is InChI=1S/C59H76N2O4S4/c1-9-17-21-36(13-5)29-42-40-25-27-67-57(40)54(65-35-39(16-8)24-20-12-4)45-32-48(68-56(42)45)51-49-46(33-62)60-52(50(49)59(63)61-51)47-31-44-43(30-37(14-6)22-18-10-2)55-41(26-28-66-55)53(58(44)69-47)64-34-38(15-7)23-19-11-3/h25-28,31-32,36-39,61,63H,9-24,29-30,34-35H2,1-8H3. The maximum Gasteiger partial charge on any atom is 0.199 e. The third-order valence-corrected chi connectivity index (χ3v) is 19.5. The fraction of sp³-hybridized carbons (Fsp3) is 0.542. The average Bonchev–Trinajstić information content (AvgIpc) is 4.24. The van der Waals surface area contributed by atoms with Gasteiger partial charge in [-0.1, -0.05) is 145 Å². The number of rotatable bonds is 28. The quantitative estimate of drug-likeness (QED) is 0.0479. The van der Waals surface area contributed by atoms with Gasteiger partial charge in [-0.3, -0.25) is 0 Å². The highest BCUT2D eigenvalue weighted by Gasteiger charge is 2.35. The van der Waals surface area contributed by atoms with Gasteiger partial charge in [0.1, 0.15) is 11.5 Å². The number of thiophene rings is 4. The van der Waals surface area contributed by atoms with Gasteiger partial charge >= 0.3 is 0 Å². The normalized spacial score (nSPS) is 14.6. The van der Waals surface area contributed by atoms with Crippen LogP contribution in [0.5, 0.6) is 17.4 Å². The summed E-state index contributed by atoms with van der Waals surface area (Å²) in [5.41, 5.74) is 5.50. The Morgan fingerprint density at radius 3 is 1.67 bits per heavy atom. The minimum atomic E-state index is 0.0221. The maximum atomic E-state index is 13.1. The number of nitrogens with zero attached hydrogens (tertiary/aromatic N) is 1. The van der Waals surface area contributed by atoms with Gasteiger partial charge in [0.05, 0.1) is 54.9 Å². The van der Waals surface area contributed by atoms with Crippen molar-refractivity contribution in [3.8, 4) is 28.0 Å². The van der Waals surface area contributed by atoms with Crippen LogP contribution >= 0.6 is 45.3 Å². The molecule has 0 saturated carbocycles. The molecule has 6 nitrogen and oxygen atoms in total. The number of aromatic hydroxyl groups is 1. The molecule has 2 N–H and O–H groups in total. The van der Waals surface area contributed by atoms with Crippen molar-refractivity contribution in [1.29, 1.82) is 0 Å². The summed E-state index contributed by atoms with van der Waals surface area (Å²) in [6, 6.07) is 9.07. The number of nitrogens with one attached hydrogen (secondary N) is 1. The van der Waals surface area contributed by atoms with E-state index < -0.39 is 0 Å². The lowest BCUT2D eigenvalue weighted by atomic mass is 9.90. The van der Waals surface area contributed by atoms with Crippen LogP contribution in [0.1, 0.15) is 185 Å². The van der Waals surface area contributed by atoms with Crippen LogP contribution in [-0.2, 0) is 17.6 Å². The van der Waals surface area contributed by atoms with E-state index in [1.54, 1.807) is 34.0 Å². The first-order chi connectivity index (χ1) is 33.7. The van der Waals surface area contributed by atoms with Crippen molar-refractivity contribution >= 4 is 103 Å². The third kappa shape index (κ3) is 10.7. The Bertz CT molecular complexity index is 2920. The first-order valence-electron chi connectivity index (χ1n) is 26.7. The van der Waals surface area contributed by atoms with Gasteiger partial charge in [0.2, 0.25) is 0 Å². The largest absolute Gasteiger partial charge is 0.494 e. The summed E-state index contributed by atoms with van der Waals surface area (Å²) in [6.45, 7) is 19.7. The van der Waals surface area contributed by atoms with Gasteiger partial charge in [-0.05, 0) is 95.5 Å². The number of benzene rings is 2. The number of H-pyrrole nitrogens is 1. The number of aromatic nitrogens is 1. The van der Waals surface area contributed by atoms with E-state index in [4.69, 9.17) is 14.5 Å². The molecule has 8 rings (SSSR count). The molecule has 4 unspecified atom stereocenters. The molecule has 1 aliphatic rings. The minimum Gasteiger partial charge on any atom is -0.494 e. The van der Waals surface area contributed by atoms with Crippen molar-refractivity contribution in [2.45, 2.75) is 171 Å². The molecule has 7 aromatic rings. The number of aromatic amines is 1. The van der Waals surface area contributed by atoms with Crippen LogP contribution < -0.4 is 9.47 Å². The molecule has 10 heteroatoms. The summed E-state index contributed by atoms with van der Waals surface area (Å²) in [5.74, 6) is 6.30. The number of unbranched alkanes of at least 4 members (excludes halogenated alkanes) is 4. The molecule has 0 amide bonds. The Labute approximate surface area is 427 Å². The molecular formula is C59H76N2O4S4. The lowest BCUT2D eigenvalue weighted by Gasteiger charge is -2.19. The van der Waals surface area contributed by atoms with Crippen LogP contribution in [0.2, 0.25) is 0 Å². The monoisotopic (exact) mass is 1000 g/mol. The highest BCUT2D eigenvalue weighted by molar-refractivity contribution is 7.23. The van der Waals surface area contributed by atoms with Crippen LogP contribution in [0.4, 0.5) is 0 Å². The minimum absolute atomic E-state index is 0.0221. The fourth-order valence-corrected chi connectivity index (χ4v) is 15.0. The molecule has 0 aliphatic carbocycles. The van der Waals surface area contributed by atoms with Crippen LogP contribution in [0.25, 0.3) is 56.6 Å². The maximum absolute atomic E-state index is 13.1. The molecule has 0 saturated heterocycles. The fourth-order valence-electron chi connectivity index (χ4n) is 10.7. The third-order valence-electron chi connectivity index (χ3n) is 15.2. The van der Waals surface area contributed by atoms with Crippen molar-refractivity contribution in [3.05, 3.63) is 62.2 Å². The molecule has 370 valence electrons. The van der Waals surface area contributed by atoms with Gasteiger partial charge in [0.25, 0.3) is 0 Å². The Hall–Kier alpha value is -3.92. The van der Waals surface area contributed by atoms with Crippen molar-refractivity contribution in [2.75, 3.05) is 13.2 Å². The number of hydrogen-bond acceptors (Lipinski definition) is 9. The Morgan fingerprint density at radius 1 is 0.594 bits per heavy atom. The SMILES string of the molecule is CCCCC(CC)COc1c2cc(-c3[nH]c(O)c4c3C(=C=O)N=C4c3cc4c(CC(CC)CCCC)c5sccc5c(OCC(CC)CCCC)c4s3)sc2c(CC(CC)CCCC)c2ccsc12. The lowest BCUT2D eigenvalue weighted by molar-refractivity contribution is 0.238.